The van der Waals surface area contributed by atoms with Crippen LogP contribution in [0.5, 0.6) is 0 Å². The van der Waals surface area contributed by atoms with Crippen molar-refractivity contribution in [2.45, 2.75) is 12.5 Å². The number of hydrogen-bond donors (Lipinski definition) is 1. The van der Waals surface area contributed by atoms with Gasteiger partial charge < -0.3 is 15.1 Å². The van der Waals surface area contributed by atoms with Gasteiger partial charge in [0.1, 0.15) is 0 Å². The second-order valence-corrected chi connectivity index (χ2v) is 5.62. The number of nitrogens with one attached hydrogen (secondary N) is 1. The Morgan fingerprint density at radius 3 is 2.38 bits per heavy atom. The molecule has 2 aromatic carbocycles. The summed E-state index contributed by atoms with van der Waals surface area (Å²) in [6, 6.07) is 19.9. The molecule has 0 saturated heterocycles. The molecule has 0 radical (unpaired) electrons. The summed E-state index contributed by atoms with van der Waals surface area (Å²) in [6.45, 7) is 1.96. The molecule has 3 nitrogen and oxygen atoms in total. The topological polar surface area (TPSA) is 18.5 Å². The highest BCUT2D eigenvalue weighted by atomic mass is 15.4. The zero-order valence-electron chi connectivity index (χ0n) is 12.8. The van der Waals surface area contributed by atoms with Crippen LogP contribution in [0.3, 0.4) is 0 Å². The van der Waals surface area contributed by atoms with Gasteiger partial charge in [-0.1, -0.05) is 42.5 Å². The van der Waals surface area contributed by atoms with Crippen molar-refractivity contribution in [3.63, 3.8) is 0 Å². The molecule has 1 atom stereocenters. The predicted octanol–water partition coefficient (Wildman–Crippen LogP) is 3.25. The van der Waals surface area contributed by atoms with Crippen molar-refractivity contribution in [2.75, 3.05) is 37.1 Å². The first-order valence-electron chi connectivity index (χ1n) is 7.57. The zero-order valence-corrected chi connectivity index (χ0v) is 12.8. The van der Waals surface area contributed by atoms with Crippen LogP contribution in [0.15, 0.2) is 54.6 Å². The largest absolute Gasteiger partial charge is 0.355 e. The van der Waals surface area contributed by atoms with Crippen LogP contribution in [0.2, 0.25) is 0 Å². The molecule has 1 aliphatic rings. The summed E-state index contributed by atoms with van der Waals surface area (Å²) in [5, 5.41) is 3.29. The fraction of sp³-hybridized carbons (Fsp3) is 0.333. The number of hydrogen-bond acceptors (Lipinski definition) is 3. The molecule has 0 fully saturated rings. The first-order valence-corrected chi connectivity index (χ1v) is 7.57. The zero-order chi connectivity index (χ0) is 14.7. The standard InChI is InChI=1S/C18H23N3/c1-19-13-12-16(15-8-4-3-5-9-15)21-14-20(2)17-10-6-7-11-18(17)21/h3-11,16,19H,12-14H2,1-2H3/t16-/m1/s1. The third-order valence-electron chi connectivity index (χ3n) is 4.20. The van der Waals surface area contributed by atoms with Crippen LogP contribution in [0, 0.1) is 0 Å². The van der Waals surface area contributed by atoms with E-state index in [1.54, 1.807) is 0 Å². The summed E-state index contributed by atoms with van der Waals surface area (Å²) in [6.07, 6.45) is 1.10. The molecule has 2 aromatic rings. The molecule has 0 amide bonds. The van der Waals surface area contributed by atoms with Gasteiger partial charge in [-0.2, -0.15) is 0 Å². The average molecular weight is 281 g/mol. The number of rotatable bonds is 5. The van der Waals surface area contributed by atoms with Crippen molar-refractivity contribution in [1.29, 1.82) is 0 Å². The van der Waals surface area contributed by atoms with Crippen molar-refractivity contribution in [2.24, 2.45) is 0 Å². The monoisotopic (exact) mass is 281 g/mol. The highest BCUT2D eigenvalue weighted by molar-refractivity contribution is 5.76. The second-order valence-electron chi connectivity index (χ2n) is 5.62. The predicted molar refractivity (Wildman–Crippen MR) is 89.9 cm³/mol. The van der Waals surface area contributed by atoms with Gasteiger partial charge in [-0.25, -0.2) is 0 Å². The Kier molecular flexibility index (Phi) is 4.11. The molecule has 0 spiro atoms. The van der Waals surface area contributed by atoms with Gasteiger partial charge in [0.05, 0.1) is 24.1 Å². The smallest absolute Gasteiger partial charge is 0.0907 e. The molecule has 3 heteroatoms. The van der Waals surface area contributed by atoms with Gasteiger partial charge in [0.15, 0.2) is 0 Å². The Hall–Kier alpha value is -2.00. The minimum Gasteiger partial charge on any atom is -0.355 e. The lowest BCUT2D eigenvalue weighted by Gasteiger charge is -2.30. The van der Waals surface area contributed by atoms with Crippen molar-refractivity contribution in [3.05, 3.63) is 60.2 Å². The molecular weight excluding hydrogens is 258 g/mol. The van der Waals surface area contributed by atoms with Crippen LogP contribution >= 0.6 is 0 Å². The summed E-state index contributed by atoms with van der Waals surface area (Å²) >= 11 is 0. The van der Waals surface area contributed by atoms with Crippen LogP contribution in [0.4, 0.5) is 11.4 Å². The quantitative estimate of drug-likeness (QED) is 0.907. The van der Waals surface area contributed by atoms with E-state index in [9.17, 15) is 0 Å². The van der Waals surface area contributed by atoms with E-state index in [1.807, 2.05) is 7.05 Å². The number of benzene rings is 2. The van der Waals surface area contributed by atoms with Crippen LogP contribution in [-0.2, 0) is 0 Å². The van der Waals surface area contributed by atoms with E-state index in [0.717, 1.165) is 19.6 Å². The third-order valence-corrected chi connectivity index (χ3v) is 4.20. The van der Waals surface area contributed by atoms with Crippen LogP contribution in [0.25, 0.3) is 0 Å². The van der Waals surface area contributed by atoms with E-state index in [2.05, 4.69) is 76.8 Å². The molecule has 21 heavy (non-hydrogen) atoms. The van der Waals surface area contributed by atoms with E-state index in [-0.39, 0.29) is 0 Å². The molecule has 0 unspecified atom stereocenters. The fourth-order valence-corrected chi connectivity index (χ4v) is 3.14. The van der Waals surface area contributed by atoms with E-state index in [4.69, 9.17) is 0 Å². The fourth-order valence-electron chi connectivity index (χ4n) is 3.14. The lowest BCUT2D eigenvalue weighted by Crippen LogP contribution is -2.33. The van der Waals surface area contributed by atoms with Crippen LogP contribution in [0.1, 0.15) is 18.0 Å². The van der Waals surface area contributed by atoms with Crippen molar-refractivity contribution in [3.8, 4) is 0 Å². The third kappa shape index (κ3) is 2.74. The van der Waals surface area contributed by atoms with Gasteiger partial charge in [0.2, 0.25) is 0 Å². The minimum atomic E-state index is 0.407. The second kappa shape index (κ2) is 6.19. The van der Waals surface area contributed by atoms with Gasteiger partial charge in [-0.15, -0.1) is 0 Å². The molecule has 0 aromatic heterocycles. The highest BCUT2D eigenvalue weighted by Crippen LogP contribution is 2.40. The van der Waals surface area contributed by atoms with Gasteiger partial charge in [0.25, 0.3) is 0 Å². The van der Waals surface area contributed by atoms with Crippen molar-refractivity contribution < 1.29 is 0 Å². The minimum absolute atomic E-state index is 0.407. The first kappa shape index (κ1) is 14.0. The van der Waals surface area contributed by atoms with Crippen LogP contribution in [-0.4, -0.2) is 27.3 Å². The normalized spacial score (nSPS) is 15.1. The van der Waals surface area contributed by atoms with E-state index in [1.165, 1.54) is 16.9 Å². The summed E-state index contributed by atoms with van der Waals surface area (Å²) < 4.78 is 0. The Morgan fingerprint density at radius 1 is 1.00 bits per heavy atom. The maximum Gasteiger partial charge on any atom is 0.0907 e. The van der Waals surface area contributed by atoms with E-state index < -0.39 is 0 Å². The first-order chi connectivity index (χ1) is 10.3. The maximum absolute atomic E-state index is 3.29. The lowest BCUT2D eigenvalue weighted by molar-refractivity contribution is 0.567. The van der Waals surface area contributed by atoms with Gasteiger partial charge >= 0.3 is 0 Å². The summed E-state index contributed by atoms with van der Waals surface area (Å²) in [5.74, 6) is 0. The van der Waals surface area contributed by atoms with Crippen LogP contribution < -0.4 is 15.1 Å². The van der Waals surface area contributed by atoms with Gasteiger partial charge in [-0.3, -0.25) is 0 Å². The SMILES string of the molecule is CNCC[C@H](c1ccccc1)N1CN(C)c2ccccc21. The maximum atomic E-state index is 3.29. The number of para-hydroxylation sites is 2. The van der Waals surface area contributed by atoms with E-state index in [0.29, 0.717) is 6.04 Å². The molecule has 3 rings (SSSR count). The molecule has 1 aliphatic heterocycles. The molecule has 0 bridgehead atoms. The van der Waals surface area contributed by atoms with Gasteiger partial charge in [-0.05, 0) is 37.7 Å². The summed E-state index contributed by atoms with van der Waals surface area (Å²) in [5.41, 5.74) is 4.05. The number of fused-ring (bicyclic) bond motifs is 1. The van der Waals surface area contributed by atoms with Crippen molar-refractivity contribution in [1.82, 2.24) is 5.32 Å². The highest BCUT2D eigenvalue weighted by Gasteiger charge is 2.29. The Bertz CT molecular complexity index is 582. The molecule has 0 saturated carbocycles. The average Bonchev–Trinajstić information content (AvgIpc) is 2.87. The molecule has 110 valence electrons. The Labute approximate surface area is 127 Å². The molecule has 0 aliphatic carbocycles. The molecule has 1 heterocycles. The number of nitrogens with zero attached hydrogens (tertiary/aromatic N) is 2. The van der Waals surface area contributed by atoms with Gasteiger partial charge in [0, 0.05) is 7.05 Å². The summed E-state index contributed by atoms with van der Waals surface area (Å²) in [4.78, 5) is 4.84. The number of anilines is 2. The Balaban J connectivity index is 1.94. The van der Waals surface area contributed by atoms with Crippen molar-refractivity contribution >= 4 is 11.4 Å². The summed E-state index contributed by atoms with van der Waals surface area (Å²) in [7, 11) is 4.19. The molecular formula is C18H23N3. The lowest BCUT2D eigenvalue weighted by atomic mass is 10.0. The van der Waals surface area contributed by atoms with E-state index >= 15 is 0 Å². The Morgan fingerprint density at radius 2 is 1.67 bits per heavy atom. The molecule has 1 N–H and O–H groups in total.